The highest BCUT2D eigenvalue weighted by atomic mass is 16.1. The molecule has 1 heterocycles. The zero-order valence-corrected chi connectivity index (χ0v) is 12.1. The lowest BCUT2D eigenvalue weighted by Gasteiger charge is -2.19. The van der Waals surface area contributed by atoms with Crippen molar-refractivity contribution in [2.45, 2.75) is 39.7 Å². The number of nitrogens with zero attached hydrogens (tertiary/aromatic N) is 1. The summed E-state index contributed by atoms with van der Waals surface area (Å²) in [5.74, 6) is 0.113. The molecule has 0 N–H and O–H groups in total. The molecule has 0 spiro atoms. The first kappa shape index (κ1) is 13.6. The second-order valence-corrected chi connectivity index (χ2v) is 6.08. The number of rotatable bonds is 3. The molecule has 2 nitrogen and oxygen atoms in total. The summed E-state index contributed by atoms with van der Waals surface area (Å²) in [7, 11) is 0. The van der Waals surface area contributed by atoms with Gasteiger partial charge in [-0.05, 0) is 29.5 Å². The molecule has 0 aliphatic carbocycles. The number of benzene rings is 1. The van der Waals surface area contributed by atoms with Crippen LogP contribution in [-0.2, 0) is 12.0 Å². The standard InChI is InChI=1S/C17H21NO/c1-13(19)15-9-10-18(12-15)11-14-5-7-16(8-6-14)17(2,3)4/h5-10,12H,11H2,1-4H3. The first-order valence-electron chi connectivity index (χ1n) is 6.62. The quantitative estimate of drug-likeness (QED) is 0.759. The van der Waals surface area contributed by atoms with Gasteiger partial charge in [0.2, 0.25) is 0 Å². The Balaban J connectivity index is 2.13. The normalized spacial score (nSPS) is 11.6. The molecule has 19 heavy (non-hydrogen) atoms. The molecule has 2 aromatic rings. The molecular weight excluding hydrogens is 234 g/mol. The number of carbonyl (C=O) groups excluding carboxylic acids is 1. The van der Waals surface area contributed by atoms with Crippen molar-refractivity contribution in [2.24, 2.45) is 0 Å². The van der Waals surface area contributed by atoms with Crippen LogP contribution in [-0.4, -0.2) is 10.4 Å². The fraction of sp³-hybridized carbons (Fsp3) is 0.353. The van der Waals surface area contributed by atoms with Crippen LogP contribution in [0.3, 0.4) is 0 Å². The number of hydrogen-bond acceptors (Lipinski definition) is 1. The molecule has 100 valence electrons. The molecule has 1 aromatic heterocycles. The van der Waals surface area contributed by atoms with Gasteiger partial charge in [-0.3, -0.25) is 4.79 Å². The second kappa shape index (κ2) is 5.04. The van der Waals surface area contributed by atoms with E-state index in [1.54, 1.807) is 6.92 Å². The predicted molar refractivity (Wildman–Crippen MR) is 78.7 cm³/mol. The molecule has 0 saturated carbocycles. The monoisotopic (exact) mass is 255 g/mol. The van der Waals surface area contributed by atoms with Gasteiger partial charge < -0.3 is 4.57 Å². The summed E-state index contributed by atoms with van der Waals surface area (Å²) in [6.07, 6.45) is 3.86. The van der Waals surface area contributed by atoms with E-state index in [0.29, 0.717) is 0 Å². The number of carbonyl (C=O) groups is 1. The molecule has 0 atom stereocenters. The van der Waals surface area contributed by atoms with E-state index in [9.17, 15) is 4.79 Å². The summed E-state index contributed by atoms with van der Waals surface area (Å²) >= 11 is 0. The highest BCUT2D eigenvalue weighted by Crippen LogP contribution is 2.22. The largest absolute Gasteiger partial charge is 0.349 e. The zero-order valence-electron chi connectivity index (χ0n) is 12.1. The van der Waals surface area contributed by atoms with Crippen molar-refractivity contribution in [3.05, 3.63) is 59.4 Å². The Hall–Kier alpha value is -1.83. The van der Waals surface area contributed by atoms with Gasteiger partial charge in [-0.1, -0.05) is 45.0 Å². The maximum Gasteiger partial charge on any atom is 0.161 e. The van der Waals surface area contributed by atoms with Gasteiger partial charge in [-0.2, -0.15) is 0 Å². The molecule has 0 aliphatic rings. The van der Waals surface area contributed by atoms with E-state index < -0.39 is 0 Å². The van der Waals surface area contributed by atoms with E-state index in [0.717, 1.165) is 12.1 Å². The Morgan fingerprint density at radius 3 is 2.21 bits per heavy atom. The summed E-state index contributed by atoms with van der Waals surface area (Å²) in [5.41, 5.74) is 3.55. The molecule has 0 aliphatic heterocycles. The Kier molecular flexibility index (Phi) is 3.61. The van der Waals surface area contributed by atoms with Crippen LogP contribution < -0.4 is 0 Å². The molecule has 2 heteroatoms. The highest BCUT2D eigenvalue weighted by molar-refractivity contribution is 5.93. The Labute approximate surface area is 115 Å². The molecule has 0 fully saturated rings. The SMILES string of the molecule is CC(=O)c1ccn(Cc2ccc(C(C)(C)C)cc2)c1. The van der Waals surface area contributed by atoms with Crippen molar-refractivity contribution in [3.8, 4) is 0 Å². The minimum absolute atomic E-state index is 0.113. The highest BCUT2D eigenvalue weighted by Gasteiger charge is 2.12. The minimum atomic E-state index is 0.113. The van der Waals surface area contributed by atoms with E-state index in [4.69, 9.17) is 0 Å². The van der Waals surface area contributed by atoms with Crippen molar-refractivity contribution in [2.75, 3.05) is 0 Å². The van der Waals surface area contributed by atoms with Crippen molar-refractivity contribution >= 4 is 5.78 Å². The lowest BCUT2D eigenvalue weighted by molar-refractivity contribution is 0.101. The molecule has 0 bridgehead atoms. The first-order valence-corrected chi connectivity index (χ1v) is 6.62. The van der Waals surface area contributed by atoms with Gasteiger partial charge >= 0.3 is 0 Å². The van der Waals surface area contributed by atoms with Crippen LogP contribution in [0.2, 0.25) is 0 Å². The average molecular weight is 255 g/mol. The molecular formula is C17H21NO. The smallest absolute Gasteiger partial charge is 0.161 e. The summed E-state index contributed by atoms with van der Waals surface area (Å²) < 4.78 is 2.04. The van der Waals surface area contributed by atoms with Crippen LogP contribution in [0.4, 0.5) is 0 Å². The van der Waals surface area contributed by atoms with Crippen LogP contribution in [0.5, 0.6) is 0 Å². The van der Waals surface area contributed by atoms with Crippen LogP contribution in [0.15, 0.2) is 42.7 Å². The van der Waals surface area contributed by atoms with Gasteiger partial charge in [-0.15, -0.1) is 0 Å². The summed E-state index contributed by atoms with van der Waals surface area (Å²) in [6.45, 7) is 9.04. The molecule has 0 saturated heterocycles. The molecule has 0 unspecified atom stereocenters. The van der Waals surface area contributed by atoms with Crippen LogP contribution in [0.1, 0.15) is 49.2 Å². The Morgan fingerprint density at radius 1 is 1.11 bits per heavy atom. The van der Waals surface area contributed by atoms with E-state index in [1.807, 2.05) is 23.0 Å². The third-order valence-corrected chi connectivity index (χ3v) is 3.34. The molecule has 2 rings (SSSR count). The summed E-state index contributed by atoms with van der Waals surface area (Å²) in [5, 5.41) is 0. The summed E-state index contributed by atoms with van der Waals surface area (Å²) in [4.78, 5) is 11.3. The number of ketones is 1. The van der Waals surface area contributed by atoms with Gasteiger partial charge in [0, 0.05) is 24.5 Å². The first-order chi connectivity index (χ1) is 8.86. The van der Waals surface area contributed by atoms with E-state index in [1.165, 1.54) is 11.1 Å². The van der Waals surface area contributed by atoms with Gasteiger partial charge in [0.25, 0.3) is 0 Å². The van der Waals surface area contributed by atoms with Crippen molar-refractivity contribution in [3.63, 3.8) is 0 Å². The number of Topliss-reactive ketones (excluding diaryl/α,β-unsaturated/α-hetero) is 1. The number of aromatic nitrogens is 1. The van der Waals surface area contributed by atoms with Crippen LogP contribution in [0.25, 0.3) is 0 Å². The van der Waals surface area contributed by atoms with Crippen LogP contribution in [0, 0.1) is 0 Å². The second-order valence-electron chi connectivity index (χ2n) is 6.08. The van der Waals surface area contributed by atoms with Crippen molar-refractivity contribution in [1.29, 1.82) is 0 Å². The maximum atomic E-state index is 11.3. The molecule has 0 amide bonds. The van der Waals surface area contributed by atoms with Gasteiger partial charge in [0.05, 0.1) is 0 Å². The van der Waals surface area contributed by atoms with Crippen molar-refractivity contribution in [1.82, 2.24) is 4.57 Å². The van der Waals surface area contributed by atoms with E-state index in [2.05, 4.69) is 45.0 Å². The third kappa shape index (κ3) is 3.34. The fourth-order valence-corrected chi connectivity index (χ4v) is 2.07. The van der Waals surface area contributed by atoms with E-state index >= 15 is 0 Å². The van der Waals surface area contributed by atoms with Gasteiger partial charge in [0.1, 0.15) is 0 Å². The number of hydrogen-bond donors (Lipinski definition) is 0. The minimum Gasteiger partial charge on any atom is -0.349 e. The Morgan fingerprint density at radius 2 is 1.74 bits per heavy atom. The van der Waals surface area contributed by atoms with E-state index in [-0.39, 0.29) is 11.2 Å². The molecule has 1 aromatic carbocycles. The van der Waals surface area contributed by atoms with Gasteiger partial charge in [0.15, 0.2) is 5.78 Å². The lowest BCUT2D eigenvalue weighted by atomic mass is 9.87. The van der Waals surface area contributed by atoms with Gasteiger partial charge in [-0.25, -0.2) is 0 Å². The van der Waals surface area contributed by atoms with Crippen molar-refractivity contribution < 1.29 is 4.79 Å². The maximum absolute atomic E-state index is 11.3. The third-order valence-electron chi connectivity index (χ3n) is 3.34. The zero-order chi connectivity index (χ0) is 14.0. The topological polar surface area (TPSA) is 22.0 Å². The summed E-state index contributed by atoms with van der Waals surface area (Å²) in [6, 6.07) is 10.6. The van der Waals surface area contributed by atoms with Crippen LogP contribution >= 0.6 is 0 Å². The average Bonchev–Trinajstić information content (AvgIpc) is 2.77. The lowest BCUT2D eigenvalue weighted by Crippen LogP contribution is -2.10. The fourth-order valence-electron chi connectivity index (χ4n) is 2.07. The molecule has 0 radical (unpaired) electrons. The predicted octanol–water partition coefficient (Wildman–Crippen LogP) is 4.04. The Bertz CT molecular complexity index is 570.